The summed E-state index contributed by atoms with van der Waals surface area (Å²) in [5, 5.41) is 2.80. The molecule has 0 atom stereocenters. The first-order valence-electron chi connectivity index (χ1n) is 7.36. The van der Waals surface area contributed by atoms with Crippen LogP contribution in [0.4, 0.5) is 20.2 Å². The Morgan fingerprint density at radius 2 is 2.12 bits per heavy atom. The van der Waals surface area contributed by atoms with Gasteiger partial charge >= 0.3 is 5.97 Å². The summed E-state index contributed by atoms with van der Waals surface area (Å²) in [5.41, 5.74) is 6.22. The second-order valence-corrected chi connectivity index (χ2v) is 6.50. The van der Waals surface area contributed by atoms with E-state index in [2.05, 4.69) is 11.9 Å². The largest absolute Gasteiger partial charge is 0.465 e. The first kappa shape index (κ1) is 19.2. The maximum Gasteiger partial charge on any atom is 0.338 e. The van der Waals surface area contributed by atoms with Gasteiger partial charge in [0.05, 0.1) is 24.0 Å². The fourth-order valence-corrected chi connectivity index (χ4v) is 2.84. The first-order valence-corrected chi connectivity index (χ1v) is 8.44. The van der Waals surface area contributed by atoms with Crippen molar-refractivity contribution in [3.63, 3.8) is 0 Å². The standard InChI is InChI=1S/C18H17F2IN2O2/c1-3-6-23-17-15(22)9-13(18(24)25-2)12(16(17)20)7-10-4-5-11(21)8-14(10)19/h3-5,8-9,23H,1,6-7,22H2,2H3. The van der Waals surface area contributed by atoms with Crippen LogP contribution in [0.5, 0.6) is 0 Å². The molecule has 4 nitrogen and oxygen atoms in total. The summed E-state index contributed by atoms with van der Waals surface area (Å²) in [6.07, 6.45) is 1.44. The van der Waals surface area contributed by atoms with Gasteiger partial charge in [0.15, 0.2) is 5.82 Å². The maximum atomic E-state index is 15.0. The number of hydrogen-bond donors (Lipinski definition) is 2. The van der Waals surface area contributed by atoms with E-state index in [0.29, 0.717) is 0 Å². The van der Waals surface area contributed by atoms with Crippen LogP contribution < -0.4 is 11.1 Å². The average molecular weight is 458 g/mol. The van der Waals surface area contributed by atoms with Crippen LogP contribution in [-0.4, -0.2) is 19.6 Å². The molecule has 0 aliphatic heterocycles. The van der Waals surface area contributed by atoms with Crippen LogP contribution in [0.1, 0.15) is 21.5 Å². The number of anilines is 2. The molecule has 0 amide bonds. The second kappa shape index (κ2) is 8.28. The highest BCUT2D eigenvalue weighted by Crippen LogP contribution is 2.31. The number of esters is 1. The van der Waals surface area contributed by atoms with Gasteiger partial charge in [-0.15, -0.1) is 6.58 Å². The zero-order valence-corrected chi connectivity index (χ0v) is 15.7. The monoisotopic (exact) mass is 458 g/mol. The van der Waals surface area contributed by atoms with Crippen LogP contribution in [0.15, 0.2) is 36.9 Å². The summed E-state index contributed by atoms with van der Waals surface area (Å²) >= 11 is 1.98. The van der Waals surface area contributed by atoms with Crippen LogP contribution in [0.25, 0.3) is 0 Å². The molecule has 132 valence electrons. The molecule has 0 heterocycles. The number of nitrogens with two attached hydrogens (primary N) is 1. The molecule has 25 heavy (non-hydrogen) atoms. The van der Waals surface area contributed by atoms with Crippen molar-refractivity contribution in [1.29, 1.82) is 0 Å². The van der Waals surface area contributed by atoms with Crippen molar-refractivity contribution in [3.05, 3.63) is 68.8 Å². The van der Waals surface area contributed by atoms with Crippen LogP contribution in [-0.2, 0) is 11.2 Å². The SMILES string of the molecule is C=CCNc1c(N)cc(C(=O)OC)c(Cc2ccc(I)cc2F)c1F. The average Bonchev–Trinajstić information content (AvgIpc) is 2.58. The first-order chi connectivity index (χ1) is 11.9. The number of ether oxygens (including phenoxy) is 1. The number of benzene rings is 2. The highest BCUT2D eigenvalue weighted by atomic mass is 127. The van der Waals surface area contributed by atoms with E-state index < -0.39 is 17.6 Å². The Balaban J connectivity index is 2.58. The Hall–Kier alpha value is -2.16. The number of carbonyl (C=O) groups excluding carboxylic acids is 1. The Labute approximate surface area is 158 Å². The van der Waals surface area contributed by atoms with E-state index >= 15 is 4.39 Å². The minimum atomic E-state index is -0.734. The number of rotatable bonds is 6. The zero-order valence-electron chi connectivity index (χ0n) is 13.5. The lowest BCUT2D eigenvalue weighted by atomic mass is 9.97. The molecule has 2 aromatic carbocycles. The van der Waals surface area contributed by atoms with Crippen LogP contribution in [0.2, 0.25) is 0 Å². The summed E-state index contributed by atoms with van der Waals surface area (Å²) in [4.78, 5) is 12.0. The third kappa shape index (κ3) is 4.28. The van der Waals surface area contributed by atoms with Crippen molar-refractivity contribution < 1.29 is 18.3 Å². The molecule has 0 bridgehead atoms. The predicted octanol–water partition coefficient (Wildman–Crippen LogP) is 4.13. The molecule has 2 aromatic rings. The van der Waals surface area contributed by atoms with Crippen molar-refractivity contribution in [3.8, 4) is 0 Å². The van der Waals surface area contributed by atoms with E-state index in [-0.39, 0.29) is 41.0 Å². The summed E-state index contributed by atoms with van der Waals surface area (Å²) in [5.74, 6) is -1.92. The van der Waals surface area contributed by atoms with Gasteiger partial charge in [0.2, 0.25) is 0 Å². The van der Waals surface area contributed by atoms with Gasteiger partial charge in [0.25, 0.3) is 0 Å². The minimum absolute atomic E-state index is 0.0210. The molecule has 0 unspecified atom stereocenters. The molecular formula is C18H17F2IN2O2. The highest BCUT2D eigenvalue weighted by molar-refractivity contribution is 14.1. The lowest BCUT2D eigenvalue weighted by Crippen LogP contribution is -2.14. The number of methoxy groups -OCH3 is 1. The van der Waals surface area contributed by atoms with Crippen LogP contribution in [0.3, 0.4) is 0 Å². The maximum absolute atomic E-state index is 15.0. The van der Waals surface area contributed by atoms with Crippen molar-refractivity contribution in [1.82, 2.24) is 0 Å². The molecule has 0 aliphatic rings. The molecule has 2 rings (SSSR count). The van der Waals surface area contributed by atoms with Gasteiger partial charge in [-0.2, -0.15) is 0 Å². The highest BCUT2D eigenvalue weighted by Gasteiger charge is 2.22. The molecule has 0 saturated carbocycles. The van der Waals surface area contributed by atoms with Crippen LogP contribution in [0, 0.1) is 15.2 Å². The van der Waals surface area contributed by atoms with Crippen molar-refractivity contribution in [2.45, 2.75) is 6.42 Å². The molecule has 0 aliphatic carbocycles. The zero-order chi connectivity index (χ0) is 18.6. The van der Waals surface area contributed by atoms with Crippen molar-refractivity contribution >= 4 is 39.9 Å². The lowest BCUT2D eigenvalue weighted by Gasteiger charge is -2.16. The Bertz CT molecular complexity index is 825. The quantitative estimate of drug-likeness (QED) is 0.296. The molecule has 0 fully saturated rings. The molecule has 7 heteroatoms. The van der Waals surface area contributed by atoms with Gasteiger partial charge < -0.3 is 15.8 Å². The van der Waals surface area contributed by atoms with E-state index in [0.717, 1.165) is 3.57 Å². The third-order valence-corrected chi connectivity index (χ3v) is 4.28. The van der Waals surface area contributed by atoms with Gasteiger partial charge in [-0.05, 0) is 46.4 Å². The topological polar surface area (TPSA) is 64.3 Å². The van der Waals surface area contributed by atoms with E-state index in [1.165, 1.54) is 19.2 Å². The van der Waals surface area contributed by atoms with Crippen molar-refractivity contribution in [2.24, 2.45) is 0 Å². The second-order valence-electron chi connectivity index (χ2n) is 5.25. The van der Waals surface area contributed by atoms with Crippen molar-refractivity contribution in [2.75, 3.05) is 24.7 Å². The third-order valence-electron chi connectivity index (χ3n) is 3.61. The van der Waals surface area contributed by atoms with E-state index in [1.807, 2.05) is 22.6 Å². The lowest BCUT2D eigenvalue weighted by molar-refractivity contribution is 0.0599. The summed E-state index contributed by atoms with van der Waals surface area (Å²) in [6, 6.07) is 5.95. The van der Waals surface area contributed by atoms with Gasteiger partial charge in [0.1, 0.15) is 5.82 Å². The molecule has 0 radical (unpaired) electrons. The Kier molecular flexibility index (Phi) is 6.35. The fourth-order valence-electron chi connectivity index (χ4n) is 2.38. The van der Waals surface area contributed by atoms with E-state index in [4.69, 9.17) is 10.5 Å². The smallest absolute Gasteiger partial charge is 0.338 e. The van der Waals surface area contributed by atoms with E-state index in [9.17, 15) is 9.18 Å². The normalized spacial score (nSPS) is 10.4. The summed E-state index contributed by atoms with van der Waals surface area (Å²) < 4.78 is 34.6. The van der Waals surface area contributed by atoms with Gasteiger partial charge in [-0.3, -0.25) is 0 Å². The van der Waals surface area contributed by atoms with Gasteiger partial charge in [-0.1, -0.05) is 12.1 Å². The van der Waals surface area contributed by atoms with Gasteiger partial charge in [-0.25, -0.2) is 13.6 Å². The number of halogens is 3. The number of carbonyl (C=O) groups is 1. The molecule has 0 aromatic heterocycles. The molecular weight excluding hydrogens is 441 g/mol. The minimum Gasteiger partial charge on any atom is -0.465 e. The van der Waals surface area contributed by atoms with E-state index in [1.54, 1.807) is 18.2 Å². The number of hydrogen-bond acceptors (Lipinski definition) is 4. The Morgan fingerprint density at radius 3 is 2.72 bits per heavy atom. The van der Waals surface area contributed by atoms with Gasteiger partial charge in [0, 0.05) is 22.1 Å². The predicted molar refractivity (Wildman–Crippen MR) is 103 cm³/mol. The molecule has 0 spiro atoms. The summed E-state index contributed by atoms with van der Waals surface area (Å²) in [6.45, 7) is 3.84. The van der Waals surface area contributed by atoms with Crippen LogP contribution >= 0.6 is 22.6 Å². The fraction of sp³-hybridized carbons (Fsp3) is 0.167. The molecule has 0 saturated heterocycles. The number of nitrogens with one attached hydrogen (secondary N) is 1. The molecule has 3 N–H and O–H groups in total. The Morgan fingerprint density at radius 1 is 1.40 bits per heavy atom. The number of nitrogen functional groups attached to an aromatic ring is 1. The summed E-state index contributed by atoms with van der Waals surface area (Å²) in [7, 11) is 1.19.